The van der Waals surface area contributed by atoms with Crippen molar-refractivity contribution in [3.63, 3.8) is 0 Å². The fourth-order valence-electron chi connectivity index (χ4n) is 2.27. The second-order valence-corrected chi connectivity index (χ2v) is 9.62. The number of hydrogen-bond acceptors (Lipinski definition) is 11. The zero-order valence-electron chi connectivity index (χ0n) is 14.6. The number of hydrogen-bond donors (Lipinski definition) is 5. The molecule has 160 valence electrons. The Bertz CT molecular complexity index is 611. The van der Waals surface area contributed by atoms with Gasteiger partial charge >= 0.3 is 10.4 Å². The Balaban J connectivity index is 2.75. The van der Waals surface area contributed by atoms with E-state index in [9.17, 15) is 33.1 Å². The standard InChI is InChI=1S/C13H25NO10S3/c1-26(19)6-4-2-3-5-9(14-24-27(20,21)22)25-13-12(18)11(17)10(16)8(7-15)23-13/h8,10-13,15-18H,2-7H2,1H3,(H,20,21,22)/b14-9-. The van der Waals surface area contributed by atoms with Gasteiger partial charge in [0, 0.05) is 22.8 Å². The molecule has 1 aliphatic heterocycles. The minimum atomic E-state index is -4.83. The summed E-state index contributed by atoms with van der Waals surface area (Å²) in [5.74, 6) is 0.522. The van der Waals surface area contributed by atoms with Crippen molar-refractivity contribution in [2.45, 2.75) is 55.5 Å². The van der Waals surface area contributed by atoms with E-state index in [1.807, 2.05) is 0 Å². The number of aliphatic hydroxyl groups is 4. The fraction of sp³-hybridized carbons (Fsp3) is 0.923. The Morgan fingerprint density at radius 3 is 2.41 bits per heavy atom. The number of rotatable bonds is 10. The quantitative estimate of drug-likeness (QED) is 0.0864. The van der Waals surface area contributed by atoms with Crippen molar-refractivity contribution in [1.82, 2.24) is 0 Å². The lowest BCUT2D eigenvalue weighted by atomic mass is 10.0. The summed E-state index contributed by atoms with van der Waals surface area (Å²) in [7, 11) is -5.75. The zero-order chi connectivity index (χ0) is 20.6. The molecule has 0 saturated carbocycles. The van der Waals surface area contributed by atoms with E-state index >= 15 is 0 Å². The van der Waals surface area contributed by atoms with Crippen molar-refractivity contribution in [2.75, 3.05) is 18.6 Å². The largest absolute Gasteiger partial charge is 0.466 e. The van der Waals surface area contributed by atoms with Crippen LogP contribution >= 0.6 is 11.8 Å². The van der Waals surface area contributed by atoms with Crippen molar-refractivity contribution in [3.05, 3.63) is 0 Å². The highest BCUT2D eigenvalue weighted by Crippen LogP contribution is 2.30. The Kier molecular flexibility index (Phi) is 10.6. The third kappa shape index (κ3) is 9.15. The molecule has 0 aromatic heterocycles. The summed E-state index contributed by atoms with van der Waals surface area (Å²) in [5.41, 5.74) is -1.16. The first-order valence-corrected chi connectivity index (χ1v) is 12.0. The summed E-state index contributed by atoms with van der Waals surface area (Å²) in [5, 5.41) is 42.2. The van der Waals surface area contributed by atoms with E-state index in [0.29, 0.717) is 25.0 Å². The normalized spacial score (nSPS) is 30.9. The molecule has 0 aliphatic carbocycles. The average molecular weight is 452 g/mol. The lowest BCUT2D eigenvalue weighted by molar-refractivity contribution is -0.205. The Morgan fingerprint density at radius 2 is 1.85 bits per heavy atom. The lowest BCUT2D eigenvalue weighted by Crippen LogP contribution is -2.57. The Hall–Kier alpha value is -0.320. The van der Waals surface area contributed by atoms with Crippen molar-refractivity contribution < 1.29 is 46.6 Å². The van der Waals surface area contributed by atoms with Crippen LogP contribution in [0.5, 0.6) is 0 Å². The first kappa shape index (κ1) is 24.7. The van der Waals surface area contributed by atoms with Crippen LogP contribution < -0.4 is 0 Å². The van der Waals surface area contributed by atoms with E-state index in [0.717, 1.165) is 11.8 Å². The SMILES string of the molecule is CS(=O)CCCCC/C(=N/OS(=O)(=O)O)SC1OC(CO)C(O)C(O)C1O. The molecule has 0 radical (unpaired) electrons. The summed E-state index contributed by atoms with van der Waals surface area (Å²) >= 11 is 0.739. The summed E-state index contributed by atoms with van der Waals surface area (Å²) in [4.78, 5) is 0. The zero-order valence-corrected chi connectivity index (χ0v) is 17.0. The second-order valence-electron chi connectivity index (χ2n) is 5.89. The lowest BCUT2D eigenvalue weighted by Gasteiger charge is -2.39. The first-order valence-electron chi connectivity index (χ1n) is 8.05. The van der Waals surface area contributed by atoms with Gasteiger partial charge in [0.25, 0.3) is 0 Å². The topological polar surface area (TPSA) is 183 Å². The molecule has 0 amide bonds. The van der Waals surface area contributed by atoms with E-state index in [-0.39, 0.29) is 11.5 Å². The molecule has 5 N–H and O–H groups in total. The van der Waals surface area contributed by atoms with Crippen LogP contribution in [-0.4, -0.2) is 91.1 Å². The predicted molar refractivity (Wildman–Crippen MR) is 98.8 cm³/mol. The van der Waals surface area contributed by atoms with Crippen LogP contribution in [0.3, 0.4) is 0 Å². The van der Waals surface area contributed by atoms with Crippen molar-refractivity contribution in [3.8, 4) is 0 Å². The number of aliphatic hydroxyl groups excluding tert-OH is 4. The molecule has 0 aromatic carbocycles. The van der Waals surface area contributed by atoms with E-state index < -0.39 is 57.7 Å². The van der Waals surface area contributed by atoms with Gasteiger partial charge in [-0.1, -0.05) is 23.3 Å². The van der Waals surface area contributed by atoms with Crippen molar-refractivity contribution >= 4 is 38.0 Å². The molecule has 1 heterocycles. The predicted octanol–water partition coefficient (Wildman–Crippen LogP) is -1.41. The van der Waals surface area contributed by atoms with Crippen LogP contribution in [0.1, 0.15) is 25.7 Å². The summed E-state index contributed by atoms with van der Waals surface area (Å²) < 4.78 is 50.5. The molecule has 1 saturated heterocycles. The maximum Gasteiger partial charge on any atom is 0.466 e. The molecule has 27 heavy (non-hydrogen) atoms. The first-order chi connectivity index (χ1) is 12.5. The van der Waals surface area contributed by atoms with Crippen LogP contribution in [0, 0.1) is 0 Å². The van der Waals surface area contributed by atoms with Gasteiger partial charge in [0.15, 0.2) is 0 Å². The molecule has 6 atom stereocenters. The molecular formula is C13H25NO10S3. The van der Waals surface area contributed by atoms with Crippen molar-refractivity contribution in [2.24, 2.45) is 5.16 Å². The highest BCUT2D eigenvalue weighted by Gasteiger charge is 2.44. The minimum absolute atomic E-state index is 0.0505. The summed E-state index contributed by atoms with van der Waals surface area (Å²) in [6.45, 7) is -0.607. The minimum Gasteiger partial charge on any atom is -0.394 e. The number of nitrogens with zero attached hydrogens (tertiary/aromatic N) is 1. The molecule has 14 heteroatoms. The molecule has 11 nitrogen and oxygen atoms in total. The molecule has 0 bridgehead atoms. The van der Waals surface area contributed by atoms with Crippen LogP contribution in [0.15, 0.2) is 5.16 Å². The molecule has 0 spiro atoms. The van der Waals surface area contributed by atoms with Gasteiger partial charge in [-0.3, -0.25) is 8.76 Å². The van der Waals surface area contributed by atoms with Gasteiger partial charge in [-0.05, 0) is 19.3 Å². The van der Waals surface area contributed by atoms with E-state index in [1.165, 1.54) is 0 Å². The molecule has 1 aliphatic rings. The van der Waals surface area contributed by atoms with Gasteiger partial charge in [-0.2, -0.15) is 8.42 Å². The van der Waals surface area contributed by atoms with Crippen molar-refractivity contribution in [1.29, 1.82) is 0 Å². The van der Waals surface area contributed by atoms with E-state index in [4.69, 9.17) is 9.29 Å². The highest BCUT2D eigenvalue weighted by molar-refractivity contribution is 8.14. The summed E-state index contributed by atoms with van der Waals surface area (Å²) in [6.07, 6.45) is -2.11. The monoisotopic (exact) mass is 451 g/mol. The van der Waals surface area contributed by atoms with E-state index in [2.05, 4.69) is 9.44 Å². The maximum absolute atomic E-state index is 11.0. The Morgan fingerprint density at radius 1 is 1.19 bits per heavy atom. The van der Waals surface area contributed by atoms with Crippen LogP contribution in [0.2, 0.25) is 0 Å². The Labute approximate surface area is 164 Å². The number of unbranched alkanes of at least 4 members (excludes halogenated alkanes) is 2. The molecule has 0 aromatic rings. The highest BCUT2D eigenvalue weighted by atomic mass is 32.3. The van der Waals surface area contributed by atoms with Gasteiger partial charge in [0.05, 0.1) is 6.61 Å². The van der Waals surface area contributed by atoms with Crippen LogP contribution in [-0.2, 0) is 30.2 Å². The van der Waals surface area contributed by atoms with Gasteiger partial charge in [-0.25, -0.2) is 4.28 Å². The number of ether oxygens (including phenoxy) is 1. The summed E-state index contributed by atoms with van der Waals surface area (Å²) in [6, 6.07) is 0. The molecule has 1 fully saturated rings. The third-order valence-corrected chi connectivity index (χ3v) is 5.96. The maximum atomic E-state index is 11.0. The molecule has 6 unspecified atom stereocenters. The molecular weight excluding hydrogens is 426 g/mol. The third-order valence-electron chi connectivity index (χ3n) is 3.66. The molecule has 1 rings (SSSR count). The van der Waals surface area contributed by atoms with Gasteiger partial charge in [0.2, 0.25) is 0 Å². The van der Waals surface area contributed by atoms with Crippen LogP contribution in [0.25, 0.3) is 0 Å². The van der Waals surface area contributed by atoms with E-state index in [1.54, 1.807) is 6.26 Å². The smallest absolute Gasteiger partial charge is 0.394 e. The fourth-order valence-corrected chi connectivity index (χ4v) is 4.22. The van der Waals surface area contributed by atoms with Crippen LogP contribution in [0.4, 0.5) is 0 Å². The van der Waals surface area contributed by atoms with Gasteiger partial charge in [-0.15, -0.1) is 0 Å². The van der Waals surface area contributed by atoms with Gasteiger partial charge < -0.3 is 25.2 Å². The second kappa shape index (κ2) is 11.6. The number of oxime groups is 1. The van der Waals surface area contributed by atoms with Gasteiger partial charge in [0.1, 0.15) is 34.9 Å². The number of thioether (sulfide) groups is 1. The average Bonchev–Trinajstić information content (AvgIpc) is 2.58.